The van der Waals surface area contributed by atoms with Crippen LogP contribution in [0.15, 0.2) is 22.5 Å². The van der Waals surface area contributed by atoms with Gasteiger partial charge in [-0.2, -0.15) is 0 Å². The summed E-state index contributed by atoms with van der Waals surface area (Å²) >= 11 is 2.32. The summed E-state index contributed by atoms with van der Waals surface area (Å²) in [5.41, 5.74) is 0.546. The lowest BCUT2D eigenvalue weighted by atomic mass is 10.1. The summed E-state index contributed by atoms with van der Waals surface area (Å²) in [5, 5.41) is 19.8. The highest BCUT2D eigenvalue weighted by Gasteiger charge is 2.07. The second-order valence-electron chi connectivity index (χ2n) is 4.01. The molecule has 0 aliphatic heterocycles. The van der Waals surface area contributed by atoms with Gasteiger partial charge >= 0.3 is 5.97 Å². The quantitative estimate of drug-likeness (QED) is 0.760. The molecule has 1 aromatic heterocycles. The van der Waals surface area contributed by atoms with E-state index in [-0.39, 0.29) is 5.75 Å². The van der Waals surface area contributed by atoms with Crippen LogP contribution in [0.1, 0.15) is 5.56 Å². The molecule has 0 amide bonds. The van der Waals surface area contributed by atoms with Crippen LogP contribution in [0, 0.1) is 11.6 Å². The number of nitrogens with zero attached hydrogens (tertiary/aromatic N) is 2. The molecule has 0 atom stereocenters. The number of thioether (sulfide) groups is 1. The Morgan fingerprint density at radius 2 is 2.00 bits per heavy atom. The Kier molecular flexibility index (Phi) is 5.45. The Morgan fingerprint density at radius 1 is 1.29 bits per heavy atom. The third-order valence-electron chi connectivity index (χ3n) is 2.34. The zero-order chi connectivity index (χ0) is 15.2. The highest BCUT2D eigenvalue weighted by molar-refractivity contribution is 8.01. The summed E-state index contributed by atoms with van der Waals surface area (Å²) in [4.78, 5) is 10.4. The van der Waals surface area contributed by atoms with Gasteiger partial charge in [0.15, 0.2) is 4.34 Å². The Labute approximate surface area is 127 Å². The predicted molar refractivity (Wildman–Crippen MR) is 76.8 cm³/mol. The minimum atomic E-state index is -0.919. The molecule has 112 valence electrons. The number of carbonyl (C=O) groups is 1. The number of rotatable bonds is 7. The van der Waals surface area contributed by atoms with Gasteiger partial charge in [0, 0.05) is 12.6 Å². The zero-order valence-electron chi connectivity index (χ0n) is 10.7. The van der Waals surface area contributed by atoms with E-state index in [4.69, 9.17) is 5.11 Å². The number of hydrogen-bond donors (Lipinski definition) is 2. The first kappa shape index (κ1) is 15.6. The molecule has 0 aliphatic carbocycles. The van der Waals surface area contributed by atoms with Gasteiger partial charge in [0.25, 0.3) is 0 Å². The second-order valence-corrected chi connectivity index (χ2v) is 6.21. The fourth-order valence-electron chi connectivity index (χ4n) is 1.53. The first-order chi connectivity index (χ1) is 10.0. The Balaban J connectivity index is 1.81. The number of benzene rings is 1. The molecular formula is C12H11F2N3O2S2. The lowest BCUT2D eigenvalue weighted by Crippen LogP contribution is -2.05. The van der Waals surface area contributed by atoms with Crippen LogP contribution in [0.25, 0.3) is 0 Å². The van der Waals surface area contributed by atoms with Gasteiger partial charge in [0.1, 0.15) is 11.6 Å². The van der Waals surface area contributed by atoms with Gasteiger partial charge in [-0.15, -0.1) is 10.2 Å². The molecule has 9 heteroatoms. The lowest BCUT2D eigenvalue weighted by molar-refractivity contribution is -0.133. The van der Waals surface area contributed by atoms with E-state index in [2.05, 4.69) is 15.5 Å². The van der Waals surface area contributed by atoms with E-state index in [1.165, 1.54) is 23.5 Å². The molecule has 0 fully saturated rings. The van der Waals surface area contributed by atoms with Crippen molar-refractivity contribution in [2.24, 2.45) is 0 Å². The average molecular weight is 331 g/mol. The van der Waals surface area contributed by atoms with Gasteiger partial charge in [-0.25, -0.2) is 8.78 Å². The molecule has 0 radical (unpaired) electrons. The molecule has 0 saturated heterocycles. The number of aliphatic carboxylic acids is 1. The molecule has 0 saturated carbocycles. The van der Waals surface area contributed by atoms with Crippen molar-refractivity contribution < 1.29 is 18.7 Å². The molecule has 5 nitrogen and oxygen atoms in total. The Hall–Kier alpha value is -1.74. The maximum Gasteiger partial charge on any atom is 0.313 e. The summed E-state index contributed by atoms with van der Waals surface area (Å²) in [6.07, 6.45) is 0.436. The maximum atomic E-state index is 13.0. The maximum absolute atomic E-state index is 13.0. The number of carboxylic acid groups (broad SMARTS) is 1. The molecule has 0 aliphatic rings. The van der Waals surface area contributed by atoms with E-state index in [1.807, 2.05) is 0 Å². The van der Waals surface area contributed by atoms with E-state index in [9.17, 15) is 13.6 Å². The van der Waals surface area contributed by atoms with Crippen LogP contribution in [0.3, 0.4) is 0 Å². The van der Waals surface area contributed by atoms with Crippen molar-refractivity contribution in [3.8, 4) is 0 Å². The third kappa shape index (κ3) is 5.27. The van der Waals surface area contributed by atoms with Crippen LogP contribution in [0.2, 0.25) is 0 Å². The van der Waals surface area contributed by atoms with Crippen LogP contribution in [0.4, 0.5) is 13.9 Å². The molecule has 2 rings (SSSR count). The van der Waals surface area contributed by atoms with Crippen LogP contribution in [-0.4, -0.2) is 33.6 Å². The number of halogens is 2. The summed E-state index contributed by atoms with van der Waals surface area (Å²) in [5.74, 6) is -2.20. The minimum absolute atomic E-state index is 0.0722. The summed E-state index contributed by atoms with van der Waals surface area (Å²) < 4.78 is 26.6. The van der Waals surface area contributed by atoms with Gasteiger partial charge in [-0.1, -0.05) is 23.1 Å². The van der Waals surface area contributed by atoms with Crippen molar-refractivity contribution in [2.75, 3.05) is 17.6 Å². The normalized spacial score (nSPS) is 10.6. The first-order valence-electron chi connectivity index (χ1n) is 5.90. The number of hydrogen-bond acceptors (Lipinski definition) is 6. The minimum Gasteiger partial charge on any atom is -0.481 e. The molecule has 21 heavy (non-hydrogen) atoms. The Morgan fingerprint density at radius 3 is 2.67 bits per heavy atom. The van der Waals surface area contributed by atoms with Gasteiger partial charge < -0.3 is 10.4 Å². The summed E-state index contributed by atoms with van der Waals surface area (Å²) in [7, 11) is 0. The molecular weight excluding hydrogens is 320 g/mol. The molecule has 0 spiro atoms. The molecule has 1 heterocycles. The number of nitrogens with one attached hydrogen (secondary N) is 1. The van der Waals surface area contributed by atoms with Crippen LogP contribution in [-0.2, 0) is 11.2 Å². The molecule has 2 N–H and O–H groups in total. The standard InChI is InChI=1S/C12H11F2N3O2S2/c13-8-3-7(4-9(14)5-8)1-2-15-11-16-17-12(21-11)20-6-10(18)19/h3-5H,1-2,6H2,(H,15,16)(H,18,19). The van der Waals surface area contributed by atoms with E-state index in [0.29, 0.717) is 28.0 Å². The number of carboxylic acids is 1. The van der Waals surface area contributed by atoms with Gasteiger partial charge in [0.2, 0.25) is 5.13 Å². The highest BCUT2D eigenvalue weighted by atomic mass is 32.2. The highest BCUT2D eigenvalue weighted by Crippen LogP contribution is 2.25. The smallest absolute Gasteiger partial charge is 0.313 e. The predicted octanol–water partition coefficient (Wildman–Crippen LogP) is 2.65. The van der Waals surface area contributed by atoms with Crippen molar-refractivity contribution in [3.63, 3.8) is 0 Å². The average Bonchev–Trinajstić information content (AvgIpc) is 2.83. The zero-order valence-corrected chi connectivity index (χ0v) is 12.3. The largest absolute Gasteiger partial charge is 0.481 e. The van der Waals surface area contributed by atoms with E-state index >= 15 is 0 Å². The van der Waals surface area contributed by atoms with E-state index < -0.39 is 17.6 Å². The molecule has 1 aromatic carbocycles. The lowest BCUT2D eigenvalue weighted by Gasteiger charge is -2.03. The SMILES string of the molecule is O=C(O)CSc1nnc(NCCc2cc(F)cc(F)c2)s1. The van der Waals surface area contributed by atoms with Crippen LogP contribution >= 0.6 is 23.1 Å². The van der Waals surface area contributed by atoms with Crippen molar-refractivity contribution in [2.45, 2.75) is 10.8 Å². The number of anilines is 1. The van der Waals surface area contributed by atoms with Gasteiger partial charge in [-0.05, 0) is 24.1 Å². The molecule has 0 bridgehead atoms. The molecule has 0 unspecified atom stereocenters. The summed E-state index contributed by atoms with van der Waals surface area (Å²) in [6, 6.07) is 3.38. The Bertz CT molecular complexity index is 616. The topological polar surface area (TPSA) is 75.1 Å². The van der Waals surface area contributed by atoms with E-state index in [1.54, 1.807) is 0 Å². The first-order valence-corrected chi connectivity index (χ1v) is 7.70. The van der Waals surface area contributed by atoms with Gasteiger partial charge in [0.05, 0.1) is 5.75 Å². The molecule has 2 aromatic rings. The number of aromatic nitrogens is 2. The van der Waals surface area contributed by atoms with Crippen LogP contribution < -0.4 is 5.32 Å². The van der Waals surface area contributed by atoms with Crippen molar-refractivity contribution in [1.29, 1.82) is 0 Å². The third-order valence-corrected chi connectivity index (χ3v) is 4.34. The van der Waals surface area contributed by atoms with Gasteiger partial charge in [-0.3, -0.25) is 4.79 Å². The fourth-order valence-corrected chi connectivity index (χ4v) is 3.03. The van der Waals surface area contributed by atoms with E-state index in [0.717, 1.165) is 17.8 Å². The van der Waals surface area contributed by atoms with Crippen molar-refractivity contribution in [3.05, 3.63) is 35.4 Å². The second kappa shape index (κ2) is 7.32. The fraction of sp³-hybridized carbons (Fsp3) is 0.250. The monoisotopic (exact) mass is 331 g/mol. The van der Waals surface area contributed by atoms with Crippen LogP contribution in [0.5, 0.6) is 0 Å². The van der Waals surface area contributed by atoms with Crippen molar-refractivity contribution in [1.82, 2.24) is 10.2 Å². The summed E-state index contributed by atoms with van der Waals surface area (Å²) in [6.45, 7) is 0.446. The van der Waals surface area contributed by atoms with Crippen molar-refractivity contribution >= 4 is 34.2 Å².